The van der Waals surface area contributed by atoms with Gasteiger partial charge in [0.25, 0.3) is 0 Å². The molecular weight excluding hydrogens is 304 g/mol. The molecule has 1 amide bonds. The number of nitrogens with zero attached hydrogens (tertiary/aromatic N) is 1. The Morgan fingerprint density at radius 3 is 2.47 bits per heavy atom. The highest BCUT2D eigenvalue weighted by Crippen LogP contribution is 2.17. The number of hydrogen-bond acceptors (Lipinski definition) is 2. The van der Waals surface area contributed by atoms with Crippen LogP contribution in [-0.4, -0.2) is 30.4 Å². The number of nitrogens with two attached hydrogens (primary N) is 1. The van der Waals surface area contributed by atoms with Gasteiger partial charge in [0, 0.05) is 24.0 Å². The van der Waals surface area contributed by atoms with Crippen molar-refractivity contribution in [2.24, 2.45) is 11.7 Å². The van der Waals surface area contributed by atoms with Crippen LogP contribution in [0.15, 0.2) is 28.7 Å². The van der Waals surface area contributed by atoms with Crippen molar-refractivity contribution >= 4 is 21.8 Å². The monoisotopic (exact) mass is 324 g/mol. The molecule has 0 atom stereocenters. The zero-order chi connectivity index (χ0) is 13.7. The number of piperidine rings is 1. The van der Waals surface area contributed by atoms with Crippen LogP contribution in [0.1, 0.15) is 24.8 Å². The molecule has 1 heterocycles. The van der Waals surface area contributed by atoms with Gasteiger partial charge in [0.1, 0.15) is 0 Å². The largest absolute Gasteiger partial charge is 0.343 e. The van der Waals surface area contributed by atoms with Gasteiger partial charge in [-0.3, -0.25) is 4.79 Å². The van der Waals surface area contributed by atoms with Crippen LogP contribution >= 0.6 is 15.9 Å². The molecule has 1 aliphatic rings. The molecular formula is C15H21BrN2O. The number of hydrogen-bond donors (Lipinski definition) is 1. The lowest BCUT2D eigenvalue weighted by Gasteiger charge is -2.31. The van der Waals surface area contributed by atoms with Crippen LogP contribution in [-0.2, 0) is 11.2 Å². The van der Waals surface area contributed by atoms with Crippen molar-refractivity contribution in [3.63, 3.8) is 0 Å². The summed E-state index contributed by atoms with van der Waals surface area (Å²) in [7, 11) is 0. The molecule has 0 radical (unpaired) electrons. The Morgan fingerprint density at radius 2 is 1.89 bits per heavy atom. The summed E-state index contributed by atoms with van der Waals surface area (Å²) in [6.07, 6.45) is 3.54. The summed E-state index contributed by atoms with van der Waals surface area (Å²) in [5.41, 5.74) is 6.88. The van der Waals surface area contributed by atoms with Crippen molar-refractivity contribution < 1.29 is 4.79 Å². The van der Waals surface area contributed by atoms with Gasteiger partial charge in [-0.05, 0) is 49.4 Å². The molecule has 1 fully saturated rings. The SMILES string of the molecule is NCC1CCN(C(=O)CCc2ccc(Br)cc2)CC1. The molecule has 0 saturated carbocycles. The lowest BCUT2D eigenvalue weighted by Crippen LogP contribution is -2.40. The second kappa shape index (κ2) is 7.06. The number of likely N-dealkylation sites (tertiary alicyclic amines) is 1. The van der Waals surface area contributed by atoms with Crippen molar-refractivity contribution in [3.8, 4) is 0 Å². The quantitative estimate of drug-likeness (QED) is 0.925. The van der Waals surface area contributed by atoms with Crippen LogP contribution in [0, 0.1) is 5.92 Å². The van der Waals surface area contributed by atoms with Crippen molar-refractivity contribution in [1.29, 1.82) is 0 Å². The third kappa shape index (κ3) is 4.32. The van der Waals surface area contributed by atoms with Crippen LogP contribution in [0.5, 0.6) is 0 Å². The van der Waals surface area contributed by atoms with Gasteiger partial charge in [0.05, 0.1) is 0 Å². The van der Waals surface area contributed by atoms with Gasteiger partial charge in [-0.1, -0.05) is 28.1 Å². The first-order valence-electron chi connectivity index (χ1n) is 6.91. The number of amides is 1. The number of halogens is 1. The van der Waals surface area contributed by atoms with Crippen LogP contribution in [0.4, 0.5) is 0 Å². The van der Waals surface area contributed by atoms with Gasteiger partial charge in [-0.2, -0.15) is 0 Å². The first kappa shape index (κ1) is 14.5. The van der Waals surface area contributed by atoms with Crippen LogP contribution < -0.4 is 5.73 Å². The van der Waals surface area contributed by atoms with Crippen LogP contribution in [0.2, 0.25) is 0 Å². The highest BCUT2D eigenvalue weighted by molar-refractivity contribution is 9.10. The van der Waals surface area contributed by atoms with E-state index in [1.54, 1.807) is 0 Å². The van der Waals surface area contributed by atoms with E-state index in [9.17, 15) is 4.79 Å². The van der Waals surface area contributed by atoms with E-state index < -0.39 is 0 Å². The Kier molecular flexibility index (Phi) is 5.40. The Balaban J connectivity index is 1.77. The minimum atomic E-state index is 0.276. The minimum absolute atomic E-state index is 0.276. The zero-order valence-electron chi connectivity index (χ0n) is 11.1. The smallest absolute Gasteiger partial charge is 0.222 e. The van der Waals surface area contributed by atoms with Crippen LogP contribution in [0.25, 0.3) is 0 Å². The van der Waals surface area contributed by atoms with E-state index in [1.165, 1.54) is 5.56 Å². The van der Waals surface area contributed by atoms with Gasteiger partial charge in [-0.15, -0.1) is 0 Å². The molecule has 104 valence electrons. The number of carbonyl (C=O) groups excluding carboxylic acids is 1. The summed E-state index contributed by atoms with van der Waals surface area (Å²) in [6, 6.07) is 8.18. The van der Waals surface area contributed by atoms with Crippen molar-refractivity contribution in [1.82, 2.24) is 4.90 Å². The molecule has 2 N–H and O–H groups in total. The Bertz CT molecular complexity index is 411. The molecule has 2 rings (SSSR count). The highest BCUT2D eigenvalue weighted by atomic mass is 79.9. The maximum atomic E-state index is 12.1. The van der Waals surface area contributed by atoms with Crippen molar-refractivity contribution in [3.05, 3.63) is 34.3 Å². The second-order valence-corrected chi connectivity index (χ2v) is 6.10. The van der Waals surface area contributed by atoms with E-state index in [0.29, 0.717) is 12.3 Å². The standard InChI is InChI=1S/C15H21BrN2O/c16-14-4-1-12(2-5-14)3-6-15(19)18-9-7-13(11-17)8-10-18/h1-2,4-5,13H,3,6-11,17H2. The number of aryl methyl sites for hydroxylation is 1. The summed E-state index contributed by atoms with van der Waals surface area (Å²) < 4.78 is 1.08. The molecule has 0 bridgehead atoms. The number of benzene rings is 1. The lowest BCUT2D eigenvalue weighted by molar-refractivity contribution is -0.132. The summed E-state index contributed by atoms with van der Waals surface area (Å²) in [5, 5.41) is 0. The average Bonchev–Trinajstić information content (AvgIpc) is 2.46. The minimum Gasteiger partial charge on any atom is -0.343 e. The van der Waals surface area contributed by atoms with E-state index in [2.05, 4.69) is 28.1 Å². The number of rotatable bonds is 4. The van der Waals surface area contributed by atoms with E-state index in [0.717, 1.165) is 43.4 Å². The Morgan fingerprint density at radius 1 is 1.26 bits per heavy atom. The molecule has 1 aromatic carbocycles. The number of carbonyl (C=O) groups is 1. The van der Waals surface area contributed by atoms with Gasteiger partial charge >= 0.3 is 0 Å². The fraction of sp³-hybridized carbons (Fsp3) is 0.533. The van der Waals surface area contributed by atoms with E-state index in [-0.39, 0.29) is 5.91 Å². The molecule has 1 aromatic rings. The predicted molar refractivity (Wildman–Crippen MR) is 80.8 cm³/mol. The van der Waals surface area contributed by atoms with Gasteiger partial charge in [0.2, 0.25) is 5.91 Å². The lowest BCUT2D eigenvalue weighted by atomic mass is 9.97. The third-order valence-electron chi connectivity index (χ3n) is 3.84. The van der Waals surface area contributed by atoms with Gasteiger partial charge in [0.15, 0.2) is 0 Å². The van der Waals surface area contributed by atoms with E-state index in [4.69, 9.17) is 5.73 Å². The molecule has 3 nitrogen and oxygen atoms in total. The topological polar surface area (TPSA) is 46.3 Å². The predicted octanol–water partition coefficient (Wildman–Crippen LogP) is 2.58. The maximum Gasteiger partial charge on any atom is 0.222 e. The molecule has 4 heteroatoms. The average molecular weight is 325 g/mol. The molecule has 0 unspecified atom stereocenters. The molecule has 1 saturated heterocycles. The third-order valence-corrected chi connectivity index (χ3v) is 4.37. The van der Waals surface area contributed by atoms with Gasteiger partial charge < -0.3 is 10.6 Å². The molecule has 19 heavy (non-hydrogen) atoms. The molecule has 1 aliphatic heterocycles. The van der Waals surface area contributed by atoms with Gasteiger partial charge in [-0.25, -0.2) is 0 Å². The highest BCUT2D eigenvalue weighted by Gasteiger charge is 2.21. The molecule has 0 spiro atoms. The Labute approximate surface area is 123 Å². The normalized spacial score (nSPS) is 16.6. The maximum absolute atomic E-state index is 12.1. The fourth-order valence-electron chi connectivity index (χ4n) is 2.48. The first-order chi connectivity index (χ1) is 9.19. The summed E-state index contributed by atoms with van der Waals surface area (Å²) >= 11 is 3.42. The zero-order valence-corrected chi connectivity index (χ0v) is 12.7. The second-order valence-electron chi connectivity index (χ2n) is 5.19. The Hall–Kier alpha value is -0.870. The van der Waals surface area contributed by atoms with Crippen molar-refractivity contribution in [2.45, 2.75) is 25.7 Å². The molecule has 0 aromatic heterocycles. The van der Waals surface area contributed by atoms with Crippen molar-refractivity contribution in [2.75, 3.05) is 19.6 Å². The summed E-state index contributed by atoms with van der Waals surface area (Å²) in [5.74, 6) is 0.883. The van der Waals surface area contributed by atoms with E-state index in [1.807, 2.05) is 17.0 Å². The van der Waals surface area contributed by atoms with E-state index >= 15 is 0 Å². The van der Waals surface area contributed by atoms with Crippen LogP contribution in [0.3, 0.4) is 0 Å². The first-order valence-corrected chi connectivity index (χ1v) is 7.70. The fourth-order valence-corrected chi connectivity index (χ4v) is 2.74. The summed E-state index contributed by atoms with van der Waals surface area (Å²) in [6.45, 7) is 2.50. The molecule has 0 aliphatic carbocycles. The summed E-state index contributed by atoms with van der Waals surface area (Å²) in [4.78, 5) is 14.1.